The summed E-state index contributed by atoms with van der Waals surface area (Å²) < 4.78 is 80.0. The SMILES string of the molecule is CC(C)(OC(=O)C(F)(F)F)n1c(OCCN)nc(OCc2ccc(F)cc2F)c(Br)c1=O. The summed E-state index contributed by atoms with van der Waals surface area (Å²) in [6, 6.07) is 2.17. The Morgan fingerprint density at radius 1 is 1.22 bits per heavy atom. The third-order valence-corrected chi connectivity index (χ3v) is 4.49. The molecular formula is C18H17BrF5N3O5. The predicted octanol–water partition coefficient (Wildman–Crippen LogP) is 3.00. The van der Waals surface area contributed by atoms with Gasteiger partial charge in [-0.05, 0) is 41.9 Å². The van der Waals surface area contributed by atoms with Crippen LogP contribution in [0.1, 0.15) is 19.4 Å². The predicted molar refractivity (Wildman–Crippen MR) is 103 cm³/mol. The molecule has 0 aliphatic carbocycles. The van der Waals surface area contributed by atoms with Gasteiger partial charge in [0.15, 0.2) is 5.72 Å². The maximum atomic E-state index is 13.8. The van der Waals surface area contributed by atoms with Gasteiger partial charge >= 0.3 is 18.2 Å². The van der Waals surface area contributed by atoms with Crippen molar-refractivity contribution in [2.75, 3.05) is 13.2 Å². The van der Waals surface area contributed by atoms with E-state index in [9.17, 15) is 31.5 Å². The van der Waals surface area contributed by atoms with Gasteiger partial charge in [-0.2, -0.15) is 18.2 Å². The average Bonchev–Trinajstić information content (AvgIpc) is 2.67. The summed E-state index contributed by atoms with van der Waals surface area (Å²) in [4.78, 5) is 28.1. The van der Waals surface area contributed by atoms with Crippen molar-refractivity contribution in [2.24, 2.45) is 5.73 Å². The number of nitrogens with zero attached hydrogens (tertiary/aromatic N) is 2. The molecule has 1 aromatic carbocycles. The van der Waals surface area contributed by atoms with Crippen molar-refractivity contribution in [1.29, 1.82) is 0 Å². The second-order valence-corrected chi connectivity index (χ2v) is 7.44. The number of esters is 1. The van der Waals surface area contributed by atoms with Gasteiger partial charge in [0.2, 0.25) is 5.88 Å². The highest BCUT2D eigenvalue weighted by Crippen LogP contribution is 2.30. The smallest absolute Gasteiger partial charge is 0.472 e. The van der Waals surface area contributed by atoms with Crippen LogP contribution in [0.4, 0.5) is 22.0 Å². The highest BCUT2D eigenvalue weighted by Gasteiger charge is 2.45. The van der Waals surface area contributed by atoms with E-state index in [1.807, 2.05) is 0 Å². The van der Waals surface area contributed by atoms with Gasteiger partial charge in [-0.3, -0.25) is 4.79 Å². The molecule has 32 heavy (non-hydrogen) atoms. The van der Waals surface area contributed by atoms with Crippen LogP contribution in [0, 0.1) is 11.6 Å². The van der Waals surface area contributed by atoms with E-state index in [4.69, 9.17) is 15.2 Å². The van der Waals surface area contributed by atoms with Crippen LogP contribution in [-0.4, -0.2) is 34.8 Å². The van der Waals surface area contributed by atoms with Crippen molar-refractivity contribution in [3.63, 3.8) is 0 Å². The second kappa shape index (κ2) is 9.81. The van der Waals surface area contributed by atoms with Crippen LogP contribution in [-0.2, 0) is 21.9 Å². The molecule has 176 valence electrons. The Morgan fingerprint density at radius 2 is 1.88 bits per heavy atom. The summed E-state index contributed by atoms with van der Waals surface area (Å²) in [5.74, 6) is -4.65. The minimum atomic E-state index is -5.31. The summed E-state index contributed by atoms with van der Waals surface area (Å²) in [5.41, 5.74) is 2.08. The van der Waals surface area contributed by atoms with Crippen molar-refractivity contribution in [3.05, 3.63) is 50.2 Å². The lowest BCUT2D eigenvalue weighted by atomic mass is 10.2. The molecule has 8 nitrogen and oxygen atoms in total. The van der Waals surface area contributed by atoms with Gasteiger partial charge in [0.25, 0.3) is 5.56 Å². The monoisotopic (exact) mass is 529 g/mol. The van der Waals surface area contributed by atoms with Gasteiger partial charge < -0.3 is 19.9 Å². The number of alkyl halides is 3. The molecule has 0 fully saturated rings. The molecule has 2 N–H and O–H groups in total. The molecule has 2 rings (SSSR count). The molecule has 0 amide bonds. The first-order valence-corrected chi connectivity index (χ1v) is 9.60. The van der Waals surface area contributed by atoms with Gasteiger partial charge in [0.1, 0.15) is 29.3 Å². The molecule has 0 saturated carbocycles. The van der Waals surface area contributed by atoms with E-state index in [2.05, 4.69) is 25.7 Å². The number of carbonyl (C=O) groups is 1. The molecule has 0 aliphatic rings. The fourth-order valence-electron chi connectivity index (χ4n) is 2.40. The quantitative estimate of drug-likeness (QED) is 0.414. The zero-order chi connectivity index (χ0) is 24.3. The van der Waals surface area contributed by atoms with Crippen molar-refractivity contribution in [3.8, 4) is 11.9 Å². The van der Waals surface area contributed by atoms with Gasteiger partial charge in [0.05, 0.1) is 0 Å². The Kier molecular flexibility index (Phi) is 7.83. The largest absolute Gasteiger partial charge is 0.491 e. The van der Waals surface area contributed by atoms with Crippen molar-refractivity contribution in [2.45, 2.75) is 32.4 Å². The molecule has 0 spiro atoms. The Balaban J connectivity index is 2.46. The Bertz CT molecular complexity index is 1060. The van der Waals surface area contributed by atoms with E-state index in [1.165, 1.54) is 0 Å². The number of hydrogen-bond donors (Lipinski definition) is 1. The van der Waals surface area contributed by atoms with Gasteiger partial charge in [0, 0.05) is 18.2 Å². The molecule has 0 saturated heterocycles. The third-order valence-electron chi connectivity index (χ3n) is 3.81. The van der Waals surface area contributed by atoms with Crippen LogP contribution in [0.3, 0.4) is 0 Å². The molecule has 1 heterocycles. The Hall–Kier alpha value is -2.74. The topological polar surface area (TPSA) is 106 Å². The molecule has 0 atom stereocenters. The van der Waals surface area contributed by atoms with Crippen molar-refractivity contribution >= 4 is 21.9 Å². The van der Waals surface area contributed by atoms with Gasteiger partial charge in [-0.15, -0.1) is 0 Å². The highest BCUT2D eigenvalue weighted by atomic mass is 79.9. The normalized spacial score (nSPS) is 11.9. The van der Waals surface area contributed by atoms with Crippen molar-refractivity contribution < 1.29 is 41.0 Å². The Labute approximate surface area is 186 Å². The summed E-state index contributed by atoms with van der Waals surface area (Å²) in [6.07, 6.45) is -5.31. The third kappa shape index (κ3) is 5.94. The number of carbonyl (C=O) groups excluding carboxylic acids is 1. The highest BCUT2D eigenvalue weighted by molar-refractivity contribution is 9.10. The lowest BCUT2D eigenvalue weighted by Gasteiger charge is -2.29. The van der Waals surface area contributed by atoms with Crippen LogP contribution in [0.2, 0.25) is 0 Å². The maximum absolute atomic E-state index is 13.8. The first-order valence-electron chi connectivity index (χ1n) is 8.80. The number of hydrogen-bond acceptors (Lipinski definition) is 7. The van der Waals surface area contributed by atoms with E-state index in [1.54, 1.807) is 0 Å². The fourth-order valence-corrected chi connectivity index (χ4v) is 2.78. The van der Waals surface area contributed by atoms with Crippen LogP contribution in [0.5, 0.6) is 11.9 Å². The maximum Gasteiger partial charge on any atom is 0.491 e. The van der Waals surface area contributed by atoms with E-state index >= 15 is 0 Å². The minimum Gasteiger partial charge on any atom is -0.472 e. The molecule has 0 bridgehead atoms. The standard InChI is InChI=1S/C18H17BrF5N3O5/c1-17(2,32-15(29)18(22,23)24)27-14(28)12(19)13(26-16(27)30-6-5-25)31-8-9-3-4-10(20)7-11(9)21/h3-4,7H,5-6,8,25H2,1-2H3. The lowest BCUT2D eigenvalue weighted by molar-refractivity contribution is -0.220. The first-order chi connectivity index (χ1) is 14.8. The lowest BCUT2D eigenvalue weighted by Crippen LogP contribution is -2.44. The average molecular weight is 530 g/mol. The van der Waals surface area contributed by atoms with Gasteiger partial charge in [-0.25, -0.2) is 18.1 Å². The summed E-state index contributed by atoms with van der Waals surface area (Å²) >= 11 is 2.92. The molecular weight excluding hydrogens is 513 g/mol. The molecule has 14 heteroatoms. The van der Waals surface area contributed by atoms with Crippen LogP contribution < -0.4 is 20.8 Å². The van der Waals surface area contributed by atoms with E-state index in [0.717, 1.165) is 26.0 Å². The molecule has 1 aromatic heterocycles. The number of ether oxygens (including phenoxy) is 3. The zero-order valence-electron chi connectivity index (χ0n) is 16.6. The molecule has 2 aromatic rings. The number of halogens is 6. The number of rotatable bonds is 8. The van der Waals surface area contributed by atoms with E-state index < -0.39 is 53.6 Å². The van der Waals surface area contributed by atoms with E-state index in [0.29, 0.717) is 10.6 Å². The zero-order valence-corrected chi connectivity index (χ0v) is 18.2. The minimum absolute atomic E-state index is 0.0499. The first kappa shape index (κ1) is 25.5. The fraction of sp³-hybridized carbons (Fsp3) is 0.389. The summed E-state index contributed by atoms with van der Waals surface area (Å²) in [6.45, 7) is 1.30. The van der Waals surface area contributed by atoms with Crippen LogP contribution in [0.15, 0.2) is 27.5 Å². The number of nitrogens with two attached hydrogens (primary N) is 1. The van der Waals surface area contributed by atoms with Crippen LogP contribution >= 0.6 is 15.9 Å². The summed E-state index contributed by atoms with van der Waals surface area (Å²) in [7, 11) is 0. The van der Waals surface area contributed by atoms with E-state index in [-0.39, 0.29) is 23.2 Å². The van der Waals surface area contributed by atoms with Crippen molar-refractivity contribution in [1.82, 2.24) is 9.55 Å². The summed E-state index contributed by atoms with van der Waals surface area (Å²) in [5, 5.41) is 0. The molecule has 0 unspecified atom stereocenters. The number of benzene rings is 1. The van der Waals surface area contributed by atoms with Gasteiger partial charge in [-0.1, -0.05) is 0 Å². The molecule has 0 aliphatic heterocycles. The Morgan fingerprint density at radius 3 is 2.44 bits per heavy atom. The second-order valence-electron chi connectivity index (χ2n) is 6.65. The van der Waals surface area contributed by atoms with Crippen LogP contribution in [0.25, 0.3) is 0 Å². The molecule has 0 radical (unpaired) electrons. The number of aromatic nitrogens is 2.